The standard InChI is InChI=1S/C10H16O5/c1-5-6(11)7-8(9(12-4)13-5)15-10(2,3)14-7/h5,7-9H,1-4H3/t5-,7+,8+,9+/m1/s1. The molecule has 0 spiro atoms. The Hall–Kier alpha value is -0.490. The maximum Gasteiger partial charge on any atom is 0.193 e. The summed E-state index contributed by atoms with van der Waals surface area (Å²) in [6.07, 6.45) is -2.08. The normalized spacial score (nSPS) is 44.1. The van der Waals surface area contributed by atoms with Gasteiger partial charge in [0.2, 0.25) is 0 Å². The molecule has 5 nitrogen and oxygen atoms in total. The van der Waals surface area contributed by atoms with Crippen LogP contribution in [0.4, 0.5) is 0 Å². The molecule has 15 heavy (non-hydrogen) atoms. The number of methoxy groups -OCH3 is 1. The molecule has 0 N–H and O–H groups in total. The summed E-state index contributed by atoms with van der Waals surface area (Å²) in [4.78, 5) is 11.8. The number of hydrogen-bond acceptors (Lipinski definition) is 5. The topological polar surface area (TPSA) is 54.0 Å². The zero-order valence-corrected chi connectivity index (χ0v) is 9.35. The van der Waals surface area contributed by atoms with E-state index >= 15 is 0 Å². The van der Waals surface area contributed by atoms with Crippen molar-refractivity contribution in [2.45, 2.75) is 51.2 Å². The average Bonchev–Trinajstić information content (AvgIpc) is 2.48. The molecule has 2 fully saturated rings. The first-order chi connectivity index (χ1) is 6.94. The fourth-order valence-corrected chi connectivity index (χ4v) is 1.98. The van der Waals surface area contributed by atoms with Gasteiger partial charge in [-0.2, -0.15) is 0 Å². The molecule has 0 bridgehead atoms. The van der Waals surface area contributed by atoms with Crippen LogP contribution in [0.25, 0.3) is 0 Å². The molecule has 2 heterocycles. The van der Waals surface area contributed by atoms with E-state index in [1.807, 2.05) is 0 Å². The first kappa shape index (κ1) is 11.0. The van der Waals surface area contributed by atoms with Crippen LogP contribution in [-0.2, 0) is 23.7 Å². The van der Waals surface area contributed by atoms with Gasteiger partial charge >= 0.3 is 0 Å². The van der Waals surface area contributed by atoms with E-state index in [9.17, 15) is 4.79 Å². The number of carbonyl (C=O) groups is 1. The average molecular weight is 216 g/mol. The Bertz CT molecular complexity index is 275. The van der Waals surface area contributed by atoms with E-state index < -0.39 is 30.4 Å². The molecule has 4 atom stereocenters. The maximum absolute atomic E-state index is 11.8. The Morgan fingerprint density at radius 3 is 2.60 bits per heavy atom. The third-order valence-corrected chi connectivity index (χ3v) is 2.65. The van der Waals surface area contributed by atoms with E-state index in [1.165, 1.54) is 7.11 Å². The van der Waals surface area contributed by atoms with E-state index in [2.05, 4.69) is 0 Å². The highest BCUT2D eigenvalue weighted by molar-refractivity contribution is 5.88. The summed E-state index contributed by atoms with van der Waals surface area (Å²) in [6.45, 7) is 5.24. The quantitative estimate of drug-likeness (QED) is 0.637. The molecule has 2 rings (SSSR count). The highest BCUT2D eigenvalue weighted by atomic mass is 16.8. The Labute approximate surface area is 88.6 Å². The van der Waals surface area contributed by atoms with E-state index in [0.717, 1.165) is 0 Å². The maximum atomic E-state index is 11.8. The summed E-state index contributed by atoms with van der Waals surface area (Å²) in [5, 5.41) is 0. The van der Waals surface area contributed by atoms with Gasteiger partial charge < -0.3 is 18.9 Å². The minimum absolute atomic E-state index is 0.0844. The second-order valence-corrected chi connectivity index (χ2v) is 4.31. The van der Waals surface area contributed by atoms with Crippen molar-refractivity contribution >= 4 is 5.78 Å². The van der Waals surface area contributed by atoms with Crippen molar-refractivity contribution in [2.24, 2.45) is 0 Å². The van der Waals surface area contributed by atoms with Gasteiger partial charge in [-0.15, -0.1) is 0 Å². The first-order valence-electron chi connectivity index (χ1n) is 5.02. The van der Waals surface area contributed by atoms with Gasteiger partial charge in [-0.1, -0.05) is 0 Å². The molecule has 86 valence electrons. The monoisotopic (exact) mass is 216 g/mol. The lowest BCUT2D eigenvalue weighted by Gasteiger charge is -2.32. The van der Waals surface area contributed by atoms with E-state index in [0.29, 0.717) is 0 Å². The molecule has 0 unspecified atom stereocenters. The van der Waals surface area contributed by atoms with Crippen molar-refractivity contribution in [1.29, 1.82) is 0 Å². The van der Waals surface area contributed by atoms with Gasteiger partial charge in [0, 0.05) is 7.11 Å². The molecule has 0 radical (unpaired) electrons. The fraction of sp³-hybridized carbons (Fsp3) is 0.900. The second kappa shape index (κ2) is 3.52. The van der Waals surface area contributed by atoms with Crippen LogP contribution in [0.5, 0.6) is 0 Å². The molecule has 2 aliphatic heterocycles. The molecule has 0 saturated carbocycles. The summed E-state index contributed by atoms with van der Waals surface area (Å²) < 4.78 is 21.6. The lowest BCUT2D eigenvalue weighted by atomic mass is 10.0. The zero-order valence-electron chi connectivity index (χ0n) is 9.35. The Morgan fingerprint density at radius 1 is 1.33 bits per heavy atom. The van der Waals surface area contributed by atoms with Gasteiger partial charge in [0.15, 0.2) is 24.0 Å². The fourth-order valence-electron chi connectivity index (χ4n) is 1.98. The number of fused-ring (bicyclic) bond motifs is 1. The molecular weight excluding hydrogens is 200 g/mol. The molecule has 0 amide bonds. The van der Waals surface area contributed by atoms with Gasteiger partial charge in [-0.3, -0.25) is 4.79 Å². The predicted octanol–water partition coefficient (Wildman–Crippen LogP) is 0.467. The Kier molecular flexibility index (Phi) is 2.58. The minimum atomic E-state index is -0.755. The third kappa shape index (κ3) is 1.80. The van der Waals surface area contributed by atoms with Gasteiger partial charge in [0.05, 0.1) is 0 Å². The zero-order chi connectivity index (χ0) is 11.2. The molecule has 2 aliphatic rings. The lowest BCUT2D eigenvalue weighted by Crippen LogP contribution is -2.53. The summed E-state index contributed by atoms with van der Waals surface area (Å²) >= 11 is 0. The second-order valence-electron chi connectivity index (χ2n) is 4.31. The van der Waals surface area contributed by atoms with Crippen LogP contribution < -0.4 is 0 Å². The number of hydrogen-bond donors (Lipinski definition) is 0. The van der Waals surface area contributed by atoms with Crippen LogP contribution in [-0.4, -0.2) is 43.3 Å². The van der Waals surface area contributed by atoms with Crippen LogP contribution in [0.1, 0.15) is 20.8 Å². The van der Waals surface area contributed by atoms with Crippen molar-refractivity contribution in [3.63, 3.8) is 0 Å². The summed E-state index contributed by atoms with van der Waals surface area (Å²) in [7, 11) is 1.53. The molecule has 5 heteroatoms. The molecule has 2 saturated heterocycles. The Morgan fingerprint density at radius 2 is 2.00 bits per heavy atom. The number of carbonyl (C=O) groups excluding carboxylic acids is 1. The SMILES string of the molecule is CO[C@H]1O[C@H](C)C(=O)[C@@H]2OC(C)(C)O[C@H]12. The third-order valence-electron chi connectivity index (χ3n) is 2.65. The Balaban J connectivity index is 2.22. The van der Waals surface area contributed by atoms with Crippen LogP contribution in [0.3, 0.4) is 0 Å². The van der Waals surface area contributed by atoms with Gasteiger partial charge in [-0.25, -0.2) is 0 Å². The predicted molar refractivity (Wildman–Crippen MR) is 50.2 cm³/mol. The molecule has 0 aromatic rings. The lowest BCUT2D eigenvalue weighted by molar-refractivity contribution is -0.232. The van der Waals surface area contributed by atoms with Gasteiger partial charge in [-0.05, 0) is 20.8 Å². The van der Waals surface area contributed by atoms with Crippen molar-refractivity contribution in [3.05, 3.63) is 0 Å². The first-order valence-corrected chi connectivity index (χ1v) is 5.02. The van der Waals surface area contributed by atoms with E-state index in [1.54, 1.807) is 20.8 Å². The highest BCUT2D eigenvalue weighted by Gasteiger charge is 2.54. The molecule has 0 aromatic heterocycles. The highest BCUT2D eigenvalue weighted by Crippen LogP contribution is 2.35. The molecule has 0 aliphatic carbocycles. The smallest absolute Gasteiger partial charge is 0.193 e. The van der Waals surface area contributed by atoms with Crippen LogP contribution in [0, 0.1) is 0 Å². The van der Waals surface area contributed by atoms with Crippen LogP contribution in [0.15, 0.2) is 0 Å². The van der Waals surface area contributed by atoms with Gasteiger partial charge in [0.1, 0.15) is 12.2 Å². The number of Topliss-reactive ketones (excluding diaryl/α,β-unsaturated/α-hetero) is 1. The number of ether oxygens (including phenoxy) is 4. The molecular formula is C10H16O5. The van der Waals surface area contributed by atoms with Crippen molar-refractivity contribution < 1.29 is 23.7 Å². The van der Waals surface area contributed by atoms with E-state index in [-0.39, 0.29) is 5.78 Å². The summed E-state index contributed by atoms with van der Waals surface area (Å²) in [5.74, 6) is -0.839. The number of ketones is 1. The van der Waals surface area contributed by atoms with Crippen molar-refractivity contribution in [3.8, 4) is 0 Å². The van der Waals surface area contributed by atoms with E-state index in [4.69, 9.17) is 18.9 Å². The van der Waals surface area contributed by atoms with Crippen LogP contribution in [0.2, 0.25) is 0 Å². The number of rotatable bonds is 1. The van der Waals surface area contributed by atoms with Crippen LogP contribution >= 0.6 is 0 Å². The van der Waals surface area contributed by atoms with Crippen molar-refractivity contribution in [1.82, 2.24) is 0 Å². The largest absolute Gasteiger partial charge is 0.353 e. The summed E-state index contributed by atoms with van der Waals surface area (Å²) in [6, 6.07) is 0. The van der Waals surface area contributed by atoms with Gasteiger partial charge in [0.25, 0.3) is 0 Å². The molecule has 0 aromatic carbocycles. The minimum Gasteiger partial charge on any atom is -0.353 e. The van der Waals surface area contributed by atoms with Crippen molar-refractivity contribution in [2.75, 3.05) is 7.11 Å². The summed E-state index contributed by atoms with van der Waals surface area (Å²) in [5.41, 5.74) is 0.